The molecule has 0 amide bonds. The molecule has 2 rings (SSSR count). The molecular weight excluding hydrogens is 228 g/mol. The molecule has 6 heteroatoms. The van der Waals surface area contributed by atoms with Crippen molar-refractivity contribution >= 4 is 11.2 Å². The number of fused-ring (bicyclic) bond motifs is 1. The number of rotatable bonds is 5. The van der Waals surface area contributed by atoms with E-state index in [1.165, 1.54) is 0 Å². The Hall–Kier alpha value is -1.56. The maximum Gasteiger partial charge on any atom is 0.238 e. The van der Waals surface area contributed by atoms with E-state index in [9.17, 15) is 8.78 Å². The lowest BCUT2D eigenvalue weighted by Crippen LogP contribution is -2.05. The number of aliphatic hydroxyl groups is 1. The van der Waals surface area contributed by atoms with Crippen LogP contribution in [0.5, 0.6) is 0 Å². The highest BCUT2D eigenvalue weighted by atomic mass is 19.3. The zero-order valence-corrected chi connectivity index (χ0v) is 9.18. The summed E-state index contributed by atoms with van der Waals surface area (Å²) in [5.74, 6) is 0.466. The van der Waals surface area contributed by atoms with E-state index in [1.807, 2.05) is 6.07 Å². The van der Waals surface area contributed by atoms with Gasteiger partial charge in [0, 0.05) is 19.2 Å². The third-order valence-electron chi connectivity index (χ3n) is 2.55. The van der Waals surface area contributed by atoms with E-state index in [1.54, 1.807) is 16.8 Å². The van der Waals surface area contributed by atoms with E-state index < -0.39 is 6.43 Å². The molecule has 0 aliphatic heterocycles. The Morgan fingerprint density at radius 3 is 2.94 bits per heavy atom. The second-order valence-electron chi connectivity index (χ2n) is 3.72. The molecule has 2 aromatic heterocycles. The topological polar surface area (TPSA) is 50.9 Å². The highest BCUT2D eigenvalue weighted by Gasteiger charge is 2.11. The predicted molar refractivity (Wildman–Crippen MR) is 58.7 cm³/mol. The molecule has 0 radical (unpaired) electrons. The van der Waals surface area contributed by atoms with Gasteiger partial charge in [0.15, 0.2) is 5.65 Å². The summed E-state index contributed by atoms with van der Waals surface area (Å²) in [4.78, 5) is 8.21. The average molecular weight is 241 g/mol. The van der Waals surface area contributed by atoms with Crippen molar-refractivity contribution in [3.05, 3.63) is 24.2 Å². The number of pyridine rings is 1. The van der Waals surface area contributed by atoms with Gasteiger partial charge < -0.3 is 9.67 Å². The summed E-state index contributed by atoms with van der Waals surface area (Å²) in [5, 5.41) is 9.17. The van der Waals surface area contributed by atoms with Crippen molar-refractivity contribution in [2.24, 2.45) is 0 Å². The lowest BCUT2D eigenvalue weighted by Gasteiger charge is -2.06. The molecule has 0 unspecified atom stereocenters. The maximum absolute atomic E-state index is 12.1. The van der Waals surface area contributed by atoms with Crippen molar-refractivity contribution in [2.75, 3.05) is 0 Å². The van der Waals surface area contributed by atoms with Gasteiger partial charge in [-0.2, -0.15) is 0 Å². The number of nitrogens with zero attached hydrogens (tertiary/aromatic N) is 3. The Balaban J connectivity index is 2.24. The van der Waals surface area contributed by atoms with Crippen LogP contribution in [0.25, 0.3) is 11.2 Å². The fourth-order valence-electron chi connectivity index (χ4n) is 1.78. The van der Waals surface area contributed by atoms with Crippen LogP contribution in [-0.2, 0) is 13.2 Å². The van der Waals surface area contributed by atoms with Gasteiger partial charge in [0.2, 0.25) is 6.43 Å². The van der Waals surface area contributed by atoms with Crippen LogP contribution in [0.1, 0.15) is 18.7 Å². The fourth-order valence-corrected chi connectivity index (χ4v) is 1.78. The van der Waals surface area contributed by atoms with E-state index in [-0.39, 0.29) is 13.0 Å². The number of imidazole rings is 1. The standard InChI is InChI=1S/C11H13F2N3O/c12-9(13)4-2-6-16-8-3-1-5-14-11(8)15-10(16)7-17/h1,3,5,9,17H,2,4,6-7H2. The van der Waals surface area contributed by atoms with Crippen LogP contribution in [0, 0.1) is 0 Å². The van der Waals surface area contributed by atoms with Crippen molar-refractivity contribution in [1.29, 1.82) is 0 Å². The normalized spacial score (nSPS) is 11.5. The van der Waals surface area contributed by atoms with E-state index >= 15 is 0 Å². The third kappa shape index (κ3) is 2.58. The van der Waals surface area contributed by atoms with Crippen LogP contribution < -0.4 is 0 Å². The number of aliphatic hydroxyl groups excluding tert-OH is 1. The average Bonchev–Trinajstić information content (AvgIpc) is 2.67. The molecule has 0 atom stereocenters. The summed E-state index contributed by atoms with van der Waals surface area (Å²) in [7, 11) is 0. The molecule has 17 heavy (non-hydrogen) atoms. The summed E-state index contributed by atoms with van der Waals surface area (Å²) < 4.78 is 25.9. The van der Waals surface area contributed by atoms with Gasteiger partial charge in [0.1, 0.15) is 12.4 Å². The number of hydrogen-bond acceptors (Lipinski definition) is 3. The molecule has 92 valence electrons. The van der Waals surface area contributed by atoms with Crippen LogP contribution in [0.15, 0.2) is 18.3 Å². The zero-order chi connectivity index (χ0) is 12.3. The first kappa shape index (κ1) is 11.9. The minimum atomic E-state index is -2.29. The van der Waals surface area contributed by atoms with Crippen LogP contribution in [0.2, 0.25) is 0 Å². The summed E-state index contributed by atoms with van der Waals surface area (Å²) in [6.45, 7) is 0.202. The second kappa shape index (κ2) is 5.18. The monoisotopic (exact) mass is 241 g/mol. The van der Waals surface area contributed by atoms with Gasteiger partial charge in [-0.25, -0.2) is 18.7 Å². The molecule has 1 N–H and O–H groups in total. The number of aromatic nitrogens is 3. The van der Waals surface area contributed by atoms with Gasteiger partial charge in [-0.1, -0.05) is 0 Å². The first-order valence-corrected chi connectivity index (χ1v) is 5.41. The quantitative estimate of drug-likeness (QED) is 0.870. The first-order valence-electron chi connectivity index (χ1n) is 5.41. The molecule has 0 fully saturated rings. The lowest BCUT2D eigenvalue weighted by molar-refractivity contribution is 0.133. The minimum absolute atomic E-state index is 0.148. The number of alkyl halides is 2. The molecule has 4 nitrogen and oxygen atoms in total. The Kier molecular flexibility index (Phi) is 3.63. The highest BCUT2D eigenvalue weighted by molar-refractivity contribution is 5.71. The second-order valence-corrected chi connectivity index (χ2v) is 3.72. The van der Waals surface area contributed by atoms with Gasteiger partial charge in [-0.05, 0) is 18.6 Å². The minimum Gasteiger partial charge on any atom is -0.388 e. The summed E-state index contributed by atoms with van der Waals surface area (Å²) in [6.07, 6.45) is -0.476. The van der Waals surface area contributed by atoms with Crippen molar-refractivity contribution in [3.63, 3.8) is 0 Å². The van der Waals surface area contributed by atoms with E-state index in [4.69, 9.17) is 5.11 Å². The largest absolute Gasteiger partial charge is 0.388 e. The smallest absolute Gasteiger partial charge is 0.238 e. The fraction of sp³-hybridized carbons (Fsp3) is 0.455. The molecule has 0 spiro atoms. The summed E-state index contributed by atoms with van der Waals surface area (Å²) in [5.41, 5.74) is 1.31. The maximum atomic E-state index is 12.1. The first-order chi connectivity index (χ1) is 8.22. The Labute approximate surface area is 96.9 Å². The van der Waals surface area contributed by atoms with E-state index in [2.05, 4.69) is 9.97 Å². The van der Waals surface area contributed by atoms with E-state index in [0.717, 1.165) is 5.52 Å². The number of aryl methyl sites for hydroxylation is 1. The molecule has 2 aromatic rings. The van der Waals surface area contributed by atoms with Crippen molar-refractivity contribution in [1.82, 2.24) is 14.5 Å². The molecule has 0 saturated carbocycles. The molecule has 0 aliphatic carbocycles. The van der Waals surface area contributed by atoms with Gasteiger partial charge in [0.25, 0.3) is 0 Å². The Morgan fingerprint density at radius 2 is 2.24 bits per heavy atom. The van der Waals surface area contributed by atoms with Crippen LogP contribution in [0.4, 0.5) is 8.78 Å². The zero-order valence-electron chi connectivity index (χ0n) is 9.18. The van der Waals surface area contributed by atoms with Crippen LogP contribution in [-0.4, -0.2) is 26.1 Å². The van der Waals surface area contributed by atoms with Crippen LogP contribution >= 0.6 is 0 Å². The van der Waals surface area contributed by atoms with E-state index in [0.29, 0.717) is 24.4 Å². The molecule has 0 saturated heterocycles. The summed E-state index contributed by atoms with van der Waals surface area (Å²) in [6, 6.07) is 3.58. The van der Waals surface area contributed by atoms with Gasteiger partial charge in [-0.3, -0.25) is 0 Å². The molecule has 0 bridgehead atoms. The van der Waals surface area contributed by atoms with Crippen LogP contribution in [0.3, 0.4) is 0 Å². The SMILES string of the molecule is OCc1nc2ncccc2n1CCCC(F)F. The number of hydrogen-bond donors (Lipinski definition) is 1. The number of halogens is 2. The molecule has 2 heterocycles. The van der Waals surface area contributed by atoms with Crippen molar-refractivity contribution in [3.8, 4) is 0 Å². The summed E-state index contributed by atoms with van der Waals surface area (Å²) >= 11 is 0. The molecular formula is C11H13F2N3O. The molecule has 0 aromatic carbocycles. The van der Waals surface area contributed by atoms with Gasteiger partial charge >= 0.3 is 0 Å². The van der Waals surface area contributed by atoms with Crippen molar-refractivity contribution < 1.29 is 13.9 Å². The third-order valence-corrected chi connectivity index (χ3v) is 2.55. The Morgan fingerprint density at radius 1 is 1.41 bits per heavy atom. The van der Waals surface area contributed by atoms with Gasteiger partial charge in [-0.15, -0.1) is 0 Å². The predicted octanol–water partition coefficient (Wildman–Crippen LogP) is 1.97. The van der Waals surface area contributed by atoms with Crippen molar-refractivity contribution in [2.45, 2.75) is 32.4 Å². The highest BCUT2D eigenvalue weighted by Crippen LogP contribution is 2.15. The Bertz CT molecular complexity index is 498. The van der Waals surface area contributed by atoms with Gasteiger partial charge in [0.05, 0.1) is 5.52 Å². The molecule has 0 aliphatic rings. The lowest BCUT2D eigenvalue weighted by atomic mass is 10.3.